The summed E-state index contributed by atoms with van der Waals surface area (Å²) in [5.41, 5.74) is 1.76. The molecule has 2 aromatic rings. The Hall–Kier alpha value is -1.92. The van der Waals surface area contributed by atoms with E-state index in [1.54, 1.807) is 24.3 Å². The third-order valence-electron chi connectivity index (χ3n) is 2.63. The molecule has 0 saturated heterocycles. The van der Waals surface area contributed by atoms with Crippen LogP contribution in [0.3, 0.4) is 0 Å². The highest BCUT2D eigenvalue weighted by Gasteiger charge is 2.04. The van der Waals surface area contributed by atoms with Gasteiger partial charge in [-0.1, -0.05) is 28.1 Å². The summed E-state index contributed by atoms with van der Waals surface area (Å²) in [7, 11) is 1.51. The number of thiocarbonyl (C=S) groups is 1. The molecule has 108 valence electrons. The summed E-state index contributed by atoms with van der Waals surface area (Å²) in [5.74, 6) is 0.463. The Morgan fingerprint density at radius 1 is 1.10 bits per heavy atom. The van der Waals surface area contributed by atoms with Crippen molar-refractivity contribution < 1.29 is 9.53 Å². The maximum Gasteiger partial charge on any atom is 0.412 e. The fraction of sp³-hybridized carbons (Fsp3) is 0.0667. The van der Waals surface area contributed by atoms with Crippen molar-refractivity contribution in [3.05, 3.63) is 58.6 Å². The van der Waals surface area contributed by atoms with Gasteiger partial charge in [0.15, 0.2) is 0 Å². The summed E-state index contributed by atoms with van der Waals surface area (Å²) in [5, 5.41) is 5.53. The second kappa shape index (κ2) is 7.19. The van der Waals surface area contributed by atoms with Crippen LogP contribution in [-0.2, 0) is 0 Å². The molecule has 0 spiro atoms. The molecule has 4 nitrogen and oxygen atoms in total. The number of anilines is 1. The molecule has 2 rings (SSSR count). The summed E-state index contributed by atoms with van der Waals surface area (Å²) in [6, 6.07) is 14.7. The molecule has 0 aromatic heterocycles. The smallest absolute Gasteiger partial charge is 0.410 e. The fourth-order valence-electron chi connectivity index (χ4n) is 1.57. The number of hydrogen-bond donors (Lipinski definition) is 2. The van der Waals surface area contributed by atoms with Gasteiger partial charge in [-0.15, -0.1) is 0 Å². The van der Waals surface area contributed by atoms with Crippen LogP contribution in [0.2, 0.25) is 0 Å². The first-order chi connectivity index (χ1) is 10.1. The lowest BCUT2D eigenvalue weighted by Crippen LogP contribution is -2.22. The molecule has 1 amide bonds. The topological polar surface area (TPSA) is 50.4 Å². The summed E-state index contributed by atoms with van der Waals surface area (Å²) in [4.78, 5) is 11.7. The SMILES string of the molecule is CNC(=O)Oc1ccc(C(=S)Nc2ccc(Br)cc2)cc1. The first-order valence-electron chi connectivity index (χ1n) is 6.15. The highest BCUT2D eigenvalue weighted by atomic mass is 79.9. The normalized spacial score (nSPS) is 9.81. The van der Waals surface area contributed by atoms with E-state index in [0.717, 1.165) is 15.7 Å². The average molecular weight is 365 g/mol. The Bertz CT molecular complexity index is 642. The number of amides is 1. The van der Waals surface area contributed by atoms with E-state index in [0.29, 0.717) is 10.7 Å². The molecule has 0 fully saturated rings. The van der Waals surface area contributed by atoms with Crippen molar-refractivity contribution in [2.24, 2.45) is 0 Å². The Morgan fingerprint density at radius 2 is 1.71 bits per heavy atom. The van der Waals surface area contributed by atoms with E-state index in [4.69, 9.17) is 17.0 Å². The Morgan fingerprint density at radius 3 is 2.29 bits per heavy atom. The molecule has 0 unspecified atom stereocenters. The zero-order valence-electron chi connectivity index (χ0n) is 11.2. The number of nitrogens with one attached hydrogen (secondary N) is 2. The summed E-state index contributed by atoms with van der Waals surface area (Å²) in [6.07, 6.45) is -0.502. The Balaban J connectivity index is 2.02. The molecule has 21 heavy (non-hydrogen) atoms. The molecule has 6 heteroatoms. The molecule has 0 heterocycles. The molecule has 2 N–H and O–H groups in total. The van der Waals surface area contributed by atoms with Crippen LogP contribution in [0.5, 0.6) is 5.75 Å². The van der Waals surface area contributed by atoms with E-state index < -0.39 is 6.09 Å². The van der Waals surface area contributed by atoms with Crippen molar-refractivity contribution in [2.75, 3.05) is 12.4 Å². The number of benzene rings is 2. The third kappa shape index (κ3) is 4.54. The van der Waals surface area contributed by atoms with Crippen molar-refractivity contribution in [3.63, 3.8) is 0 Å². The highest BCUT2D eigenvalue weighted by molar-refractivity contribution is 9.10. The van der Waals surface area contributed by atoms with Crippen LogP contribution in [0.15, 0.2) is 53.0 Å². The van der Waals surface area contributed by atoms with E-state index in [1.807, 2.05) is 24.3 Å². The minimum atomic E-state index is -0.502. The summed E-state index contributed by atoms with van der Waals surface area (Å²) < 4.78 is 6.02. The molecular formula is C15H13BrN2O2S. The van der Waals surface area contributed by atoms with Gasteiger partial charge in [-0.3, -0.25) is 0 Å². The average Bonchev–Trinajstić information content (AvgIpc) is 2.50. The number of hydrogen-bond acceptors (Lipinski definition) is 3. The van der Waals surface area contributed by atoms with Crippen molar-refractivity contribution in [1.82, 2.24) is 5.32 Å². The molecule has 0 aliphatic heterocycles. The fourth-order valence-corrected chi connectivity index (χ4v) is 2.09. The molecule has 0 radical (unpaired) electrons. The quantitative estimate of drug-likeness (QED) is 0.809. The van der Waals surface area contributed by atoms with Gasteiger partial charge in [-0.25, -0.2) is 4.79 Å². The van der Waals surface area contributed by atoms with Crippen LogP contribution in [-0.4, -0.2) is 18.1 Å². The van der Waals surface area contributed by atoms with Crippen molar-refractivity contribution in [2.45, 2.75) is 0 Å². The first-order valence-corrected chi connectivity index (χ1v) is 7.35. The number of ether oxygens (including phenoxy) is 1. The molecular weight excluding hydrogens is 352 g/mol. The summed E-state index contributed by atoms with van der Waals surface area (Å²) >= 11 is 8.73. The maximum absolute atomic E-state index is 11.1. The van der Waals surface area contributed by atoms with Gasteiger partial charge in [0.05, 0.1) is 0 Å². The van der Waals surface area contributed by atoms with Crippen molar-refractivity contribution in [3.8, 4) is 5.75 Å². The Kier molecular flexibility index (Phi) is 5.30. The number of carbonyl (C=O) groups excluding carboxylic acids is 1. The van der Waals surface area contributed by atoms with Crippen LogP contribution < -0.4 is 15.4 Å². The van der Waals surface area contributed by atoms with Crippen molar-refractivity contribution >= 4 is 44.9 Å². The van der Waals surface area contributed by atoms with E-state index in [-0.39, 0.29) is 0 Å². The number of carbonyl (C=O) groups is 1. The predicted octanol–water partition coefficient (Wildman–Crippen LogP) is 3.95. The van der Waals surface area contributed by atoms with Crippen LogP contribution in [0.1, 0.15) is 5.56 Å². The minimum absolute atomic E-state index is 0.463. The van der Waals surface area contributed by atoms with Gasteiger partial charge in [0.25, 0.3) is 0 Å². The first kappa shape index (κ1) is 15.5. The van der Waals surface area contributed by atoms with Crippen molar-refractivity contribution in [1.29, 1.82) is 0 Å². The van der Waals surface area contributed by atoms with E-state index in [2.05, 4.69) is 26.6 Å². The molecule has 0 atom stereocenters. The molecule has 0 saturated carbocycles. The molecule has 2 aromatic carbocycles. The van der Waals surface area contributed by atoms with Crippen LogP contribution in [0.4, 0.5) is 10.5 Å². The van der Waals surface area contributed by atoms with Gasteiger partial charge < -0.3 is 15.4 Å². The maximum atomic E-state index is 11.1. The van der Waals surface area contributed by atoms with E-state index in [1.165, 1.54) is 7.05 Å². The van der Waals surface area contributed by atoms with Gasteiger partial charge in [0, 0.05) is 22.8 Å². The lowest BCUT2D eigenvalue weighted by atomic mass is 10.2. The number of halogens is 1. The van der Waals surface area contributed by atoms with Gasteiger partial charge in [-0.05, 0) is 48.5 Å². The highest BCUT2D eigenvalue weighted by Crippen LogP contribution is 2.17. The van der Waals surface area contributed by atoms with Crippen LogP contribution in [0, 0.1) is 0 Å². The third-order valence-corrected chi connectivity index (χ3v) is 3.50. The van der Waals surface area contributed by atoms with Gasteiger partial charge >= 0.3 is 6.09 Å². The molecule has 0 bridgehead atoms. The number of rotatable bonds is 3. The summed E-state index contributed by atoms with van der Waals surface area (Å²) in [6.45, 7) is 0. The molecule has 0 aliphatic carbocycles. The monoisotopic (exact) mass is 364 g/mol. The lowest BCUT2D eigenvalue weighted by molar-refractivity contribution is 0.203. The standard InChI is InChI=1S/C15H13BrN2O2S/c1-17-15(19)20-13-8-2-10(3-9-13)14(21)18-12-6-4-11(16)5-7-12/h2-9H,1H3,(H,17,19)(H,18,21). The minimum Gasteiger partial charge on any atom is -0.410 e. The Labute approximate surface area is 136 Å². The second-order valence-electron chi connectivity index (χ2n) is 4.12. The molecule has 0 aliphatic rings. The van der Waals surface area contributed by atoms with E-state index in [9.17, 15) is 4.79 Å². The van der Waals surface area contributed by atoms with Gasteiger partial charge in [0.1, 0.15) is 10.7 Å². The zero-order chi connectivity index (χ0) is 15.2. The zero-order valence-corrected chi connectivity index (χ0v) is 13.6. The van der Waals surface area contributed by atoms with Gasteiger partial charge in [0.2, 0.25) is 0 Å². The van der Waals surface area contributed by atoms with E-state index >= 15 is 0 Å². The predicted molar refractivity (Wildman–Crippen MR) is 91.0 cm³/mol. The second-order valence-corrected chi connectivity index (χ2v) is 5.45. The van der Waals surface area contributed by atoms with Gasteiger partial charge in [-0.2, -0.15) is 0 Å². The van der Waals surface area contributed by atoms with Crippen LogP contribution >= 0.6 is 28.1 Å². The van der Waals surface area contributed by atoms with Crippen LogP contribution in [0.25, 0.3) is 0 Å². The largest absolute Gasteiger partial charge is 0.412 e. The lowest BCUT2D eigenvalue weighted by Gasteiger charge is -2.09.